The highest BCUT2D eigenvalue weighted by molar-refractivity contribution is 14.1. The van der Waals surface area contributed by atoms with Gasteiger partial charge in [0.1, 0.15) is 0 Å². The SMILES string of the molecule is N=C(N)C1CCCC(I)C1. The molecule has 0 amide bonds. The van der Waals surface area contributed by atoms with Gasteiger partial charge in [0.05, 0.1) is 5.84 Å². The molecule has 58 valence electrons. The fourth-order valence-corrected chi connectivity index (χ4v) is 2.47. The Balaban J connectivity index is 2.39. The molecular weight excluding hydrogens is 239 g/mol. The highest BCUT2D eigenvalue weighted by Crippen LogP contribution is 2.28. The van der Waals surface area contributed by atoms with Crippen LogP contribution in [0.1, 0.15) is 25.7 Å². The van der Waals surface area contributed by atoms with Gasteiger partial charge in [-0.05, 0) is 19.3 Å². The van der Waals surface area contributed by atoms with Crippen LogP contribution in [0.25, 0.3) is 0 Å². The number of nitrogens with two attached hydrogens (primary N) is 1. The number of alkyl halides is 1. The Hall–Kier alpha value is 0.200. The zero-order chi connectivity index (χ0) is 7.56. The zero-order valence-electron chi connectivity index (χ0n) is 5.94. The Morgan fingerprint density at radius 2 is 2.20 bits per heavy atom. The Kier molecular flexibility index (Phi) is 2.95. The highest BCUT2D eigenvalue weighted by Gasteiger charge is 2.21. The van der Waals surface area contributed by atoms with Gasteiger partial charge in [-0.15, -0.1) is 0 Å². The summed E-state index contributed by atoms with van der Waals surface area (Å²) in [6, 6.07) is 0. The number of hydrogen-bond acceptors (Lipinski definition) is 1. The molecule has 1 aliphatic rings. The Labute approximate surface area is 75.2 Å². The van der Waals surface area contributed by atoms with Crippen molar-refractivity contribution in [1.82, 2.24) is 0 Å². The molecule has 0 aromatic carbocycles. The van der Waals surface area contributed by atoms with Gasteiger partial charge < -0.3 is 5.73 Å². The predicted molar refractivity (Wildman–Crippen MR) is 51.7 cm³/mol. The van der Waals surface area contributed by atoms with Gasteiger partial charge in [-0.3, -0.25) is 5.41 Å². The molecule has 1 fully saturated rings. The number of hydrogen-bond donors (Lipinski definition) is 2. The summed E-state index contributed by atoms with van der Waals surface area (Å²) in [5.41, 5.74) is 5.41. The minimum Gasteiger partial charge on any atom is -0.387 e. The smallest absolute Gasteiger partial charge is 0.0937 e. The lowest BCUT2D eigenvalue weighted by molar-refractivity contribution is 0.456. The molecule has 3 heteroatoms. The van der Waals surface area contributed by atoms with Gasteiger partial charge in [0.2, 0.25) is 0 Å². The molecule has 0 bridgehead atoms. The van der Waals surface area contributed by atoms with Gasteiger partial charge in [-0.25, -0.2) is 0 Å². The van der Waals surface area contributed by atoms with Crippen molar-refractivity contribution in [1.29, 1.82) is 5.41 Å². The monoisotopic (exact) mass is 252 g/mol. The summed E-state index contributed by atoms with van der Waals surface area (Å²) in [4.78, 5) is 0. The second-order valence-corrected chi connectivity index (χ2v) is 4.68. The Bertz CT molecular complexity index is 136. The largest absolute Gasteiger partial charge is 0.387 e. The minimum atomic E-state index is 0.385. The van der Waals surface area contributed by atoms with E-state index in [9.17, 15) is 0 Å². The summed E-state index contributed by atoms with van der Waals surface area (Å²) in [5, 5.41) is 7.25. The van der Waals surface area contributed by atoms with Crippen LogP contribution >= 0.6 is 22.6 Å². The van der Waals surface area contributed by atoms with Gasteiger partial charge in [-0.2, -0.15) is 0 Å². The minimum absolute atomic E-state index is 0.385. The number of rotatable bonds is 1. The first-order valence-electron chi connectivity index (χ1n) is 3.68. The van der Waals surface area contributed by atoms with E-state index >= 15 is 0 Å². The first kappa shape index (κ1) is 8.30. The van der Waals surface area contributed by atoms with E-state index in [1.54, 1.807) is 0 Å². The van der Waals surface area contributed by atoms with E-state index in [0.717, 1.165) is 16.8 Å². The standard InChI is InChI=1S/C7H13IN2/c8-6-3-1-2-5(4-6)7(9)10/h5-6H,1-4H2,(H3,9,10). The van der Waals surface area contributed by atoms with Gasteiger partial charge in [0, 0.05) is 9.84 Å². The second-order valence-electron chi connectivity index (χ2n) is 2.92. The van der Waals surface area contributed by atoms with E-state index < -0.39 is 0 Å². The van der Waals surface area contributed by atoms with Crippen LogP contribution in [-0.4, -0.2) is 9.76 Å². The number of amidine groups is 1. The van der Waals surface area contributed by atoms with Crippen LogP contribution in [0.5, 0.6) is 0 Å². The van der Waals surface area contributed by atoms with Gasteiger partial charge in [0.15, 0.2) is 0 Å². The van der Waals surface area contributed by atoms with Crippen molar-refractivity contribution in [3.63, 3.8) is 0 Å². The van der Waals surface area contributed by atoms with Crippen LogP contribution in [-0.2, 0) is 0 Å². The van der Waals surface area contributed by atoms with Crippen LogP contribution < -0.4 is 5.73 Å². The lowest BCUT2D eigenvalue weighted by Gasteiger charge is -2.24. The van der Waals surface area contributed by atoms with Crippen LogP contribution in [0.4, 0.5) is 0 Å². The molecule has 1 aliphatic carbocycles. The van der Waals surface area contributed by atoms with E-state index in [4.69, 9.17) is 11.1 Å². The number of halogens is 1. The summed E-state index contributed by atoms with van der Waals surface area (Å²) in [6.07, 6.45) is 4.81. The van der Waals surface area contributed by atoms with Crippen molar-refractivity contribution in [3.05, 3.63) is 0 Å². The molecule has 0 aliphatic heterocycles. The molecule has 1 rings (SSSR count). The van der Waals surface area contributed by atoms with Crippen LogP contribution in [0, 0.1) is 11.3 Å². The topological polar surface area (TPSA) is 49.9 Å². The molecule has 2 nitrogen and oxygen atoms in total. The third-order valence-electron chi connectivity index (χ3n) is 2.05. The molecule has 1 saturated carbocycles. The molecule has 10 heavy (non-hydrogen) atoms. The molecular formula is C7H13IN2. The quantitative estimate of drug-likeness (QED) is 0.318. The molecule has 0 heterocycles. The predicted octanol–water partition coefficient (Wildman–Crippen LogP) is 1.92. The first-order valence-corrected chi connectivity index (χ1v) is 4.92. The average Bonchev–Trinajstić information content (AvgIpc) is 1.88. The summed E-state index contributed by atoms with van der Waals surface area (Å²) in [7, 11) is 0. The fraction of sp³-hybridized carbons (Fsp3) is 0.857. The average molecular weight is 252 g/mol. The maximum atomic E-state index is 7.25. The van der Waals surface area contributed by atoms with Crippen molar-refractivity contribution in [2.45, 2.75) is 29.6 Å². The van der Waals surface area contributed by atoms with Gasteiger partial charge in [-0.1, -0.05) is 29.0 Å². The maximum Gasteiger partial charge on any atom is 0.0937 e. The lowest BCUT2D eigenvalue weighted by atomic mass is 9.88. The van der Waals surface area contributed by atoms with E-state index in [1.807, 2.05) is 0 Å². The Morgan fingerprint density at radius 3 is 2.60 bits per heavy atom. The van der Waals surface area contributed by atoms with Crippen molar-refractivity contribution >= 4 is 28.4 Å². The highest BCUT2D eigenvalue weighted by atomic mass is 127. The van der Waals surface area contributed by atoms with E-state index in [2.05, 4.69) is 22.6 Å². The zero-order valence-corrected chi connectivity index (χ0v) is 8.10. The van der Waals surface area contributed by atoms with Crippen molar-refractivity contribution in [3.8, 4) is 0 Å². The van der Waals surface area contributed by atoms with Crippen LogP contribution in [0.2, 0.25) is 0 Å². The second kappa shape index (κ2) is 3.55. The fourth-order valence-electron chi connectivity index (χ4n) is 1.41. The summed E-state index contributed by atoms with van der Waals surface area (Å²) in [5.74, 6) is 0.775. The molecule has 3 N–H and O–H groups in total. The molecule has 0 saturated heterocycles. The summed E-state index contributed by atoms with van der Waals surface area (Å²) >= 11 is 2.45. The summed E-state index contributed by atoms with van der Waals surface area (Å²) < 4.78 is 0.750. The van der Waals surface area contributed by atoms with E-state index in [-0.39, 0.29) is 0 Å². The van der Waals surface area contributed by atoms with Gasteiger partial charge in [0.25, 0.3) is 0 Å². The Morgan fingerprint density at radius 1 is 1.50 bits per heavy atom. The van der Waals surface area contributed by atoms with Crippen molar-refractivity contribution in [2.24, 2.45) is 11.7 Å². The normalized spacial score (nSPS) is 33.7. The molecule has 0 aromatic rings. The van der Waals surface area contributed by atoms with Crippen LogP contribution in [0.15, 0.2) is 0 Å². The van der Waals surface area contributed by atoms with Crippen molar-refractivity contribution in [2.75, 3.05) is 0 Å². The van der Waals surface area contributed by atoms with Crippen LogP contribution in [0.3, 0.4) is 0 Å². The molecule has 0 aromatic heterocycles. The molecule has 2 unspecified atom stereocenters. The maximum absolute atomic E-state index is 7.25. The lowest BCUT2D eigenvalue weighted by Crippen LogP contribution is -2.27. The number of nitrogens with one attached hydrogen (secondary N) is 1. The molecule has 0 spiro atoms. The van der Waals surface area contributed by atoms with Gasteiger partial charge >= 0.3 is 0 Å². The van der Waals surface area contributed by atoms with Crippen molar-refractivity contribution < 1.29 is 0 Å². The molecule has 0 radical (unpaired) electrons. The summed E-state index contributed by atoms with van der Waals surface area (Å²) in [6.45, 7) is 0. The third-order valence-corrected chi connectivity index (χ3v) is 3.18. The van der Waals surface area contributed by atoms with E-state index in [1.165, 1.54) is 12.8 Å². The molecule has 2 atom stereocenters. The van der Waals surface area contributed by atoms with E-state index in [0.29, 0.717) is 11.8 Å². The first-order chi connectivity index (χ1) is 4.70. The third kappa shape index (κ3) is 2.11.